The normalized spacial score (nSPS) is 11.6. The molecule has 0 fully saturated rings. The first-order valence-electron chi connectivity index (χ1n) is 10.6. The Balaban J connectivity index is 2.13. The summed E-state index contributed by atoms with van der Waals surface area (Å²) in [5, 5.41) is 2.93. The first-order chi connectivity index (χ1) is 14.3. The van der Waals surface area contributed by atoms with E-state index < -0.39 is 6.04 Å². The molecular formula is C25H34N2O3. The second kappa shape index (κ2) is 11.4. The number of carbonyl (C=O) groups is 2. The molecule has 0 bridgehead atoms. The van der Waals surface area contributed by atoms with E-state index in [9.17, 15) is 9.59 Å². The number of hydrogen-bond acceptors (Lipinski definition) is 3. The van der Waals surface area contributed by atoms with Gasteiger partial charge in [-0.25, -0.2) is 0 Å². The highest BCUT2D eigenvalue weighted by Gasteiger charge is 2.26. The molecule has 2 aromatic carbocycles. The molecule has 0 aromatic heterocycles. The molecular weight excluding hydrogens is 376 g/mol. The monoisotopic (exact) mass is 410 g/mol. The van der Waals surface area contributed by atoms with Gasteiger partial charge in [0.1, 0.15) is 11.8 Å². The number of carbonyl (C=O) groups excluding carboxylic acids is 2. The van der Waals surface area contributed by atoms with Crippen LogP contribution >= 0.6 is 0 Å². The molecule has 0 aliphatic heterocycles. The Morgan fingerprint density at radius 3 is 2.43 bits per heavy atom. The van der Waals surface area contributed by atoms with Crippen molar-refractivity contribution >= 4 is 11.8 Å². The quantitative estimate of drug-likeness (QED) is 0.593. The van der Waals surface area contributed by atoms with Crippen LogP contribution in [0.15, 0.2) is 42.5 Å². The van der Waals surface area contributed by atoms with Gasteiger partial charge in [-0.3, -0.25) is 9.59 Å². The van der Waals surface area contributed by atoms with Crippen LogP contribution in [0.4, 0.5) is 0 Å². The lowest BCUT2D eigenvalue weighted by Crippen LogP contribution is -2.49. The van der Waals surface area contributed by atoms with Gasteiger partial charge in [-0.15, -0.1) is 0 Å². The summed E-state index contributed by atoms with van der Waals surface area (Å²) in [7, 11) is 0. The number of hydrogen-bond donors (Lipinski definition) is 1. The van der Waals surface area contributed by atoms with Gasteiger partial charge in [-0.2, -0.15) is 0 Å². The highest BCUT2D eigenvalue weighted by molar-refractivity contribution is 5.88. The third-order valence-corrected chi connectivity index (χ3v) is 5.38. The Hall–Kier alpha value is -2.82. The van der Waals surface area contributed by atoms with Crippen LogP contribution in [-0.4, -0.2) is 35.9 Å². The molecule has 1 unspecified atom stereocenters. The summed E-state index contributed by atoms with van der Waals surface area (Å²) in [5.74, 6) is 0.337. The number of unbranched alkanes of at least 4 members (excludes halogenated alkanes) is 1. The van der Waals surface area contributed by atoms with Gasteiger partial charge in [0.2, 0.25) is 5.91 Å². The Bertz CT molecular complexity index is 846. The third-order valence-electron chi connectivity index (χ3n) is 5.38. The largest absolute Gasteiger partial charge is 0.483 e. The van der Waals surface area contributed by atoms with Gasteiger partial charge in [-0.1, -0.05) is 55.3 Å². The van der Waals surface area contributed by atoms with Gasteiger partial charge < -0.3 is 15.0 Å². The minimum atomic E-state index is -0.585. The number of amides is 2. The fourth-order valence-corrected chi connectivity index (χ4v) is 3.11. The van der Waals surface area contributed by atoms with Crippen molar-refractivity contribution in [2.45, 2.75) is 60.0 Å². The summed E-state index contributed by atoms with van der Waals surface area (Å²) in [6, 6.07) is 13.2. The van der Waals surface area contributed by atoms with Crippen molar-refractivity contribution in [3.8, 4) is 5.75 Å². The van der Waals surface area contributed by atoms with E-state index in [4.69, 9.17) is 4.74 Å². The minimum absolute atomic E-state index is 0.108. The van der Waals surface area contributed by atoms with E-state index >= 15 is 0 Å². The molecule has 1 N–H and O–H groups in total. The van der Waals surface area contributed by atoms with Gasteiger partial charge in [0.25, 0.3) is 5.91 Å². The molecule has 0 radical (unpaired) electrons. The molecule has 30 heavy (non-hydrogen) atoms. The molecule has 1 atom stereocenters. The summed E-state index contributed by atoms with van der Waals surface area (Å²) in [6.45, 7) is 10.7. The van der Waals surface area contributed by atoms with Crippen molar-refractivity contribution < 1.29 is 14.3 Å². The molecule has 2 rings (SSSR count). The molecule has 5 nitrogen and oxygen atoms in total. The molecule has 0 saturated carbocycles. The van der Waals surface area contributed by atoms with Crippen LogP contribution in [0.2, 0.25) is 0 Å². The third kappa shape index (κ3) is 6.61. The van der Waals surface area contributed by atoms with E-state index in [0.717, 1.165) is 35.1 Å². The molecule has 0 heterocycles. The van der Waals surface area contributed by atoms with E-state index in [1.165, 1.54) is 0 Å². The molecule has 2 amide bonds. The van der Waals surface area contributed by atoms with Crippen LogP contribution in [0.1, 0.15) is 48.9 Å². The van der Waals surface area contributed by atoms with Crippen molar-refractivity contribution in [3.05, 3.63) is 64.7 Å². The fourth-order valence-electron chi connectivity index (χ4n) is 3.11. The van der Waals surface area contributed by atoms with Crippen LogP contribution in [-0.2, 0) is 16.1 Å². The Morgan fingerprint density at radius 2 is 1.77 bits per heavy atom. The van der Waals surface area contributed by atoms with Gasteiger partial charge in [0, 0.05) is 13.1 Å². The highest BCUT2D eigenvalue weighted by Crippen LogP contribution is 2.21. The van der Waals surface area contributed by atoms with Gasteiger partial charge in [-0.05, 0) is 56.9 Å². The van der Waals surface area contributed by atoms with Gasteiger partial charge in [0.15, 0.2) is 6.61 Å². The minimum Gasteiger partial charge on any atom is -0.483 e. The Morgan fingerprint density at radius 1 is 1.07 bits per heavy atom. The lowest BCUT2D eigenvalue weighted by molar-refractivity contribution is -0.142. The molecule has 0 aliphatic rings. The number of aryl methyl sites for hydroxylation is 2. The van der Waals surface area contributed by atoms with Crippen molar-refractivity contribution in [1.82, 2.24) is 10.2 Å². The van der Waals surface area contributed by atoms with Crippen LogP contribution in [0, 0.1) is 20.8 Å². The lowest BCUT2D eigenvalue weighted by Gasteiger charge is -2.29. The smallest absolute Gasteiger partial charge is 0.261 e. The predicted molar refractivity (Wildman–Crippen MR) is 121 cm³/mol. The summed E-state index contributed by atoms with van der Waals surface area (Å²) in [4.78, 5) is 27.3. The van der Waals surface area contributed by atoms with Crippen molar-refractivity contribution in [3.63, 3.8) is 0 Å². The zero-order chi connectivity index (χ0) is 22.1. The Labute approximate surface area is 180 Å². The van der Waals surface area contributed by atoms with Crippen molar-refractivity contribution in [2.75, 3.05) is 13.2 Å². The van der Waals surface area contributed by atoms with Crippen molar-refractivity contribution in [1.29, 1.82) is 0 Å². The molecule has 0 spiro atoms. The average Bonchev–Trinajstić information content (AvgIpc) is 2.73. The maximum Gasteiger partial charge on any atom is 0.261 e. The SMILES string of the molecule is CCCCNC(=O)C(C)N(Cc1ccc(C)cc1)C(=O)COc1cccc(C)c1C. The van der Waals surface area contributed by atoms with Crippen LogP contribution in [0.3, 0.4) is 0 Å². The van der Waals surface area contributed by atoms with Gasteiger partial charge >= 0.3 is 0 Å². The number of ether oxygens (including phenoxy) is 1. The number of rotatable bonds is 10. The predicted octanol–water partition coefficient (Wildman–Crippen LogP) is 4.32. The molecule has 162 valence electrons. The molecule has 2 aromatic rings. The number of nitrogens with one attached hydrogen (secondary N) is 1. The fraction of sp³-hybridized carbons (Fsp3) is 0.440. The topological polar surface area (TPSA) is 58.6 Å². The summed E-state index contributed by atoms with van der Waals surface area (Å²) in [5.41, 5.74) is 4.26. The first-order valence-corrected chi connectivity index (χ1v) is 10.6. The average molecular weight is 411 g/mol. The Kier molecular flexibility index (Phi) is 8.90. The molecule has 0 aliphatic carbocycles. The van der Waals surface area contributed by atoms with E-state index in [-0.39, 0.29) is 18.4 Å². The maximum atomic E-state index is 13.1. The van der Waals surface area contributed by atoms with E-state index in [1.54, 1.807) is 11.8 Å². The second-order valence-electron chi connectivity index (χ2n) is 7.81. The molecule has 5 heteroatoms. The molecule has 0 saturated heterocycles. The zero-order valence-corrected chi connectivity index (χ0v) is 18.8. The maximum absolute atomic E-state index is 13.1. The zero-order valence-electron chi connectivity index (χ0n) is 18.8. The second-order valence-corrected chi connectivity index (χ2v) is 7.81. The van der Waals surface area contributed by atoms with Gasteiger partial charge in [0.05, 0.1) is 0 Å². The summed E-state index contributed by atoms with van der Waals surface area (Å²) >= 11 is 0. The lowest BCUT2D eigenvalue weighted by atomic mass is 10.1. The van der Waals surface area contributed by atoms with Crippen molar-refractivity contribution in [2.24, 2.45) is 0 Å². The number of benzene rings is 2. The summed E-state index contributed by atoms with van der Waals surface area (Å²) in [6.07, 6.45) is 1.92. The van der Waals surface area contributed by atoms with E-state index in [2.05, 4.69) is 12.2 Å². The number of nitrogens with zero attached hydrogens (tertiary/aromatic N) is 1. The van der Waals surface area contributed by atoms with Crippen LogP contribution < -0.4 is 10.1 Å². The van der Waals surface area contributed by atoms with E-state index in [0.29, 0.717) is 18.8 Å². The first kappa shape index (κ1) is 23.5. The van der Waals surface area contributed by atoms with Crippen LogP contribution in [0.25, 0.3) is 0 Å². The summed E-state index contributed by atoms with van der Waals surface area (Å²) < 4.78 is 5.82. The standard InChI is InChI=1S/C25H34N2O3/c1-6-7-15-26-25(29)21(5)27(16-22-13-11-18(2)12-14-22)24(28)17-30-23-10-8-9-19(3)20(23)4/h8-14,21H,6-7,15-17H2,1-5H3,(H,26,29). The van der Waals surface area contributed by atoms with E-state index in [1.807, 2.05) is 63.2 Å². The van der Waals surface area contributed by atoms with Crippen LogP contribution in [0.5, 0.6) is 5.75 Å². The highest BCUT2D eigenvalue weighted by atomic mass is 16.5.